The highest BCUT2D eigenvalue weighted by Gasteiger charge is 2.08. The van der Waals surface area contributed by atoms with Crippen molar-refractivity contribution < 1.29 is 4.79 Å². The fraction of sp³-hybridized carbons (Fsp3) is 0.353. The maximum absolute atomic E-state index is 11.8. The van der Waals surface area contributed by atoms with Crippen LogP contribution in [0.2, 0.25) is 0 Å². The molecule has 0 aliphatic heterocycles. The zero-order chi connectivity index (χ0) is 15.2. The van der Waals surface area contributed by atoms with E-state index in [2.05, 4.69) is 48.3 Å². The second kappa shape index (κ2) is 7.36. The summed E-state index contributed by atoms with van der Waals surface area (Å²) in [7, 11) is 1.83. The predicted octanol–water partition coefficient (Wildman–Crippen LogP) is 3.72. The molecular formula is C17H22N2OS. The van der Waals surface area contributed by atoms with Crippen LogP contribution in [-0.4, -0.2) is 31.1 Å². The van der Waals surface area contributed by atoms with Gasteiger partial charge in [-0.2, -0.15) is 0 Å². The van der Waals surface area contributed by atoms with Crippen LogP contribution >= 0.6 is 12.6 Å². The molecule has 2 aromatic rings. The Morgan fingerprint density at radius 2 is 2.10 bits per heavy atom. The summed E-state index contributed by atoms with van der Waals surface area (Å²) in [6.07, 6.45) is 1.79. The number of hydrogen-bond donors (Lipinski definition) is 2. The van der Waals surface area contributed by atoms with Gasteiger partial charge in [-0.1, -0.05) is 31.2 Å². The van der Waals surface area contributed by atoms with Crippen LogP contribution in [0.1, 0.15) is 18.9 Å². The SMILES string of the molecule is CCCNC(=O)N(C)CCc1cccc2ccc(S)cc12. The molecular weight excluding hydrogens is 280 g/mol. The highest BCUT2D eigenvalue weighted by Crippen LogP contribution is 2.22. The van der Waals surface area contributed by atoms with Crippen LogP contribution in [0.4, 0.5) is 4.79 Å². The molecule has 0 fully saturated rings. The molecule has 21 heavy (non-hydrogen) atoms. The van der Waals surface area contributed by atoms with Gasteiger partial charge in [-0.3, -0.25) is 0 Å². The molecule has 0 atom stereocenters. The van der Waals surface area contributed by atoms with Crippen LogP contribution in [0.3, 0.4) is 0 Å². The Hall–Kier alpha value is -1.68. The van der Waals surface area contributed by atoms with E-state index in [0.717, 1.165) is 24.3 Å². The van der Waals surface area contributed by atoms with Gasteiger partial charge in [0.2, 0.25) is 0 Å². The van der Waals surface area contributed by atoms with Gasteiger partial charge >= 0.3 is 6.03 Å². The Kier molecular flexibility index (Phi) is 5.51. The molecule has 2 aromatic carbocycles. The summed E-state index contributed by atoms with van der Waals surface area (Å²) in [5.74, 6) is 0. The normalized spacial score (nSPS) is 10.6. The van der Waals surface area contributed by atoms with Crippen molar-refractivity contribution in [1.29, 1.82) is 0 Å². The zero-order valence-electron chi connectivity index (χ0n) is 12.6. The maximum Gasteiger partial charge on any atom is 0.317 e. The molecule has 0 aliphatic carbocycles. The monoisotopic (exact) mass is 302 g/mol. The molecule has 2 amide bonds. The number of fused-ring (bicyclic) bond motifs is 1. The van der Waals surface area contributed by atoms with Gasteiger partial charge in [-0.05, 0) is 41.3 Å². The zero-order valence-corrected chi connectivity index (χ0v) is 13.5. The van der Waals surface area contributed by atoms with Crippen molar-refractivity contribution in [2.75, 3.05) is 20.1 Å². The molecule has 2 rings (SSSR count). The van der Waals surface area contributed by atoms with Gasteiger partial charge < -0.3 is 10.2 Å². The standard InChI is InChI=1S/C17H22N2OS/c1-3-10-18-17(20)19(2)11-9-14-6-4-5-13-7-8-15(21)12-16(13)14/h4-8,12,21H,3,9-11H2,1-2H3,(H,18,20). The first kappa shape index (κ1) is 15.7. The van der Waals surface area contributed by atoms with Crippen LogP contribution in [0, 0.1) is 0 Å². The number of urea groups is 1. The van der Waals surface area contributed by atoms with E-state index in [1.807, 2.05) is 20.0 Å². The summed E-state index contributed by atoms with van der Waals surface area (Å²) in [6.45, 7) is 3.47. The predicted molar refractivity (Wildman–Crippen MR) is 91.2 cm³/mol. The van der Waals surface area contributed by atoms with E-state index in [1.54, 1.807) is 4.90 Å². The second-order valence-corrected chi connectivity index (χ2v) is 5.74. The first-order valence-corrected chi connectivity index (χ1v) is 7.76. The molecule has 3 nitrogen and oxygen atoms in total. The number of hydrogen-bond acceptors (Lipinski definition) is 2. The molecule has 0 radical (unpaired) electrons. The topological polar surface area (TPSA) is 32.3 Å². The third-order valence-corrected chi connectivity index (χ3v) is 3.82. The smallest absolute Gasteiger partial charge is 0.317 e. The molecule has 0 bridgehead atoms. The van der Waals surface area contributed by atoms with Crippen molar-refractivity contribution in [3.63, 3.8) is 0 Å². The minimum absolute atomic E-state index is 0.00743. The third kappa shape index (κ3) is 4.14. The lowest BCUT2D eigenvalue weighted by Gasteiger charge is -2.18. The lowest BCUT2D eigenvalue weighted by Crippen LogP contribution is -2.38. The van der Waals surface area contributed by atoms with Crippen molar-refractivity contribution in [2.24, 2.45) is 0 Å². The lowest BCUT2D eigenvalue weighted by molar-refractivity contribution is 0.209. The molecule has 4 heteroatoms. The number of amides is 2. The van der Waals surface area contributed by atoms with Gasteiger partial charge in [0.05, 0.1) is 0 Å². The molecule has 112 valence electrons. The van der Waals surface area contributed by atoms with Crippen LogP contribution in [0.15, 0.2) is 41.3 Å². The molecule has 0 aliphatic rings. The van der Waals surface area contributed by atoms with E-state index in [-0.39, 0.29) is 6.03 Å². The molecule has 1 N–H and O–H groups in total. The highest BCUT2D eigenvalue weighted by molar-refractivity contribution is 7.80. The summed E-state index contributed by atoms with van der Waals surface area (Å²) >= 11 is 4.41. The fourth-order valence-electron chi connectivity index (χ4n) is 2.30. The quantitative estimate of drug-likeness (QED) is 0.811. The Balaban J connectivity index is 2.06. The van der Waals surface area contributed by atoms with Crippen molar-refractivity contribution >= 4 is 29.4 Å². The molecule has 0 spiro atoms. The third-order valence-electron chi connectivity index (χ3n) is 3.55. The number of thiol groups is 1. The van der Waals surface area contributed by atoms with E-state index in [0.29, 0.717) is 6.54 Å². The van der Waals surface area contributed by atoms with E-state index >= 15 is 0 Å². The number of carbonyl (C=O) groups is 1. The van der Waals surface area contributed by atoms with E-state index in [1.165, 1.54) is 16.3 Å². The summed E-state index contributed by atoms with van der Waals surface area (Å²) in [5.41, 5.74) is 1.25. The largest absolute Gasteiger partial charge is 0.338 e. The average molecular weight is 302 g/mol. The summed E-state index contributed by atoms with van der Waals surface area (Å²) < 4.78 is 0. The number of benzene rings is 2. The number of nitrogens with zero attached hydrogens (tertiary/aromatic N) is 1. The van der Waals surface area contributed by atoms with E-state index in [4.69, 9.17) is 0 Å². The van der Waals surface area contributed by atoms with Gasteiger partial charge in [0.25, 0.3) is 0 Å². The molecule has 0 saturated heterocycles. The maximum atomic E-state index is 11.8. The average Bonchev–Trinajstić information content (AvgIpc) is 2.50. The van der Waals surface area contributed by atoms with Gasteiger partial charge in [-0.25, -0.2) is 4.79 Å². The number of carbonyl (C=O) groups excluding carboxylic acids is 1. The van der Waals surface area contributed by atoms with Crippen molar-refractivity contribution in [2.45, 2.75) is 24.7 Å². The number of nitrogens with one attached hydrogen (secondary N) is 1. The Labute approximate surface area is 131 Å². The number of likely N-dealkylation sites (N-methyl/N-ethyl adjacent to an activating group) is 1. The molecule has 0 aromatic heterocycles. The van der Waals surface area contributed by atoms with E-state index < -0.39 is 0 Å². The molecule has 0 unspecified atom stereocenters. The van der Waals surface area contributed by atoms with Crippen molar-refractivity contribution in [1.82, 2.24) is 10.2 Å². The van der Waals surface area contributed by atoms with E-state index in [9.17, 15) is 4.79 Å². The van der Waals surface area contributed by atoms with Crippen molar-refractivity contribution in [3.05, 3.63) is 42.0 Å². The Bertz CT molecular complexity index is 627. The van der Waals surface area contributed by atoms with Crippen molar-refractivity contribution in [3.8, 4) is 0 Å². The van der Waals surface area contributed by atoms with Gasteiger partial charge in [0.15, 0.2) is 0 Å². The van der Waals surface area contributed by atoms with Crippen LogP contribution in [0.25, 0.3) is 10.8 Å². The first-order valence-electron chi connectivity index (χ1n) is 7.31. The Morgan fingerprint density at radius 3 is 2.86 bits per heavy atom. The van der Waals surface area contributed by atoms with Gasteiger partial charge in [0, 0.05) is 25.0 Å². The highest BCUT2D eigenvalue weighted by atomic mass is 32.1. The molecule has 0 heterocycles. The van der Waals surface area contributed by atoms with Gasteiger partial charge in [-0.15, -0.1) is 12.6 Å². The molecule has 0 saturated carbocycles. The van der Waals surface area contributed by atoms with Crippen LogP contribution < -0.4 is 5.32 Å². The summed E-state index contributed by atoms with van der Waals surface area (Å²) in [5, 5.41) is 5.32. The van der Waals surface area contributed by atoms with Gasteiger partial charge in [0.1, 0.15) is 0 Å². The summed E-state index contributed by atoms with van der Waals surface area (Å²) in [6, 6.07) is 12.4. The second-order valence-electron chi connectivity index (χ2n) is 5.23. The van der Waals surface area contributed by atoms with Crippen LogP contribution in [0.5, 0.6) is 0 Å². The first-order chi connectivity index (χ1) is 10.1. The minimum Gasteiger partial charge on any atom is -0.338 e. The minimum atomic E-state index is -0.00743. The lowest BCUT2D eigenvalue weighted by atomic mass is 10.0. The number of rotatable bonds is 5. The van der Waals surface area contributed by atoms with Crippen LogP contribution in [-0.2, 0) is 6.42 Å². The summed E-state index contributed by atoms with van der Waals surface area (Å²) in [4.78, 5) is 14.5. The fourth-order valence-corrected chi connectivity index (χ4v) is 2.50. The Morgan fingerprint density at radius 1 is 1.29 bits per heavy atom.